The predicted molar refractivity (Wildman–Crippen MR) is 82.3 cm³/mol. The fourth-order valence-electron chi connectivity index (χ4n) is 2.83. The van der Waals surface area contributed by atoms with Gasteiger partial charge >= 0.3 is 0 Å². The van der Waals surface area contributed by atoms with Crippen molar-refractivity contribution in [2.24, 2.45) is 11.7 Å². The van der Waals surface area contributed by atoms with Gasteiger partial charge in [0.05, 0.1) is 5.92 Å². The molecule has 0 heterocycles. The Hall–Kier alpha value is -1.35. The maximum absolute atomic E-state index is 12.2. The third kappa shape index (κ3) is 3.83. The largest absolute Gasteiger partial charge is 0.352 e. The molecule has 1 amide bonds. The van der Waals surface area contributed by atoms with Crippen LogP contribution < -0.4 is 11.1 Å². The SMILES string of the molecule is CC(C)c1ccc(CNC(=O)C2CCCCC2N)cc1. The number of amides is 1. The van der Waals surface area contributed by atoms with Crippen LogP contribution in [0.1, 0.15) is 56.6 Å². The third-order valence-electron chi connectivity index (χ3n) is 4.27. The molecule has 1 aliphatic carbocycles. The van der Waals surface area contributed by atoms with E-state index in [1.807, 2.05) is 0 Å². The number of carbonyl (C=O) groups excluding carboxylic acids is 1. The fourth-order valence-corrected chi connectivity index (χ4v) is 2.83. The molecule has 1 saturated carbocycles. The second-order valence-electron chi connectivity index (χ2n) is 6.17. The first-order chi connectivity index (χ1) is 9.58. The first kappa shape index (κ1) is 15.0. The van der Waals surface area contributed by atoms with E-state index < -0.39 is 0 Å². The summed E-state index contributed by atoms with van der Waals surface area (Å²) in [6.45, 7) is 4.96. The fraction of sp³-hybridized carbons (Fsp3) is 0.588. The van der Waals surface area contributed by atoms with Crippen molar-refractivity contribution in [3.8, 4) is 0 Å². The molecule has 2 atom stereocenters. The standard InChI is InChI=1S/C17H26N2O/c1-12(2)14-9-7-13(8-10-14)11-19-17(20)15-5-3-4-6-16(15)18/h7-10,12,15-16H,3-6,11,18H2,1-2H3,(H,19,20). The topological polar surface area (TPSA) is 55.1 Å². The van der Waals surface area contributed by atoms with Crippen molar-refractivity contribution in [3.63, 3.8) is 0 Å². The molecule has 0 aromatic heterocycles. The Balaban J connectivity index is 1.86. The van der Waals surface area contributed by atoms with E-state index in [0.29, 0.717) is 12.5 Å². The maximum atomic E-state index is 12.2. The summed E-state index contributed by atoms with van der Waals surface area (Å²) >= 11 is 0. The molecule has 0 bridgehead atoms. The highest BCUT2D eigenvalue weighted by atomic mass is 16.1. The molecule has 1 aromatic carbocycles. The number of rotatable bonds is 4. The summed E-state index contributed by atoms with van der Waals surface area (Å²) in [6, 6.07) is 8.50. The molecule has 0 radical (unpaired) electrons. The summed E-state index contributed by atoms with van der Waals surface area (Å²) in [5.74, 6) is 0.655. The molecule has 1 fully saturated rings. The second kappa shape index (κ2) is 6.89. The molecule has 2 unspecified atom stereocenters. The van der Waals surface area contributed by atoms with E-state index >= 15 is 0 Å². The molecule has 110 valence electrons. The van der Waals surface area contributed by atoms with Gasteiger partial charge in [0.2, 0.25) is 5.91 Å². The van der Waals surface area contributed by atoms with E-state index in [1.165, 1.54) is 5.56 Å². The second-order valence-corrected chi connectivity index (χ2v) is 6.17. The number of nitrogens with two attached hydrogens (primary N) is 1. The molecule has 0 aliphatic heterocycles. The van der Waals surface area contributed by atoms with Gasteiger partial charge in [-0.25, -0.2) is 0 Å². The molecule has 2 rings (SSSR count). The van der Waals surface area contributed by atoms with Crippen LogP contribution in [0.15, 0.2) is 24.3 Å². The van der Waals surface area contributed by atoms with Crippen molar-refractivity contribution in [1.82, 2.24) is 5.32 Å². The van der Waals surface area contributed by atoms with Gasteiger partial charge < -0.3 is 11.1 Å². The van der Waals surface area contributed by atoms with Gasteiger partial charge in [-0.3, -0.25) is 4.79 Å². The van der Waals surface area contributed by atoms with Gasteiger partial charge in [-0.2, -0.15) is 0 Å². The molecule has 1 aromatic rings. The highest BCUT2D eigenvalue weighted by Gasteiger charge is 2.27. The van der Waals surface area contributed by atoms with Gasteiger partial charge in [0.25, 0.3) is 0 Å². The van der Waals surface area contributed by atoms with Crippen LogP contribution in [-0.2, 0) is 11.3 Å². The van der Waals surface area contributed by atoms with Crippen molar-refractivity contribution in [2.45, 2.75) is 58.0 Å². The van der Waals surface area contributed by atoms with Gasteiger partial charge in [0.1, 0.15) is 0 Å². The zero-order valence-corrected chi connectivity index (χ0v) is 12.6. The van der Waals surface area contributed by atoms with E-state index in [2.05, 4.69) is 43.4 Å². The Kier molecular flexibility index (Phi) is 5.18. The monoisotopic (exact) mass is 274 g/mol. The quantitative estimate of drug-likeness (QED) is 0.887. The summed E-state index contributed by atoms with van der Waals surface area (Å²) in [4.78, 5) is 12.2. The van der Waals surface area contributed by atoms with E-state index in [-0.39, 0.29) is 17.9 Å². The molecule has 0 saturated heterocycles. The Morgan fingerprint density at radius 2 is 1.90 bits per heavy atom. The Morgan fingerprint density at radius 1 is 1.25 bits per heavy atom. The van der Waals surface area contributed by atoms with Gasteiger partial charge in [0.15, 0.2) is 0 Å². The van der Waals surface area contributed by atoms with Crippen LogP contribution in [0.4, 0.5) is 0 Å². The molecule has 1 aliphatic rings. The third-order valence-corrected chi connectivity index (χ3v) is 4.27. The van der Waals surface area contributed by atoms with E-state index in [4.69, 9.17) is 5.73 Å². The van der Waals surface area contributed by atoms with E-state index in [1.54, 1.807) is 0 Å². The molecular formula is C17H26N2O. The van der Waals surface area contributed by atoms with Crippen LogP contribution in [0, 0.1) is 5.92 Å². The molecule has 3 heteroatoms. The van der Waals surface area contributed by atoms with E-state index in [0.717, 1.165) is 31.2 Å². The first-order valence-corrected chi connectivity index (χ1v) is 7.70. The minimum absolute atomic E-state index is 0.00122. The molecule has 3 N–H and O–H groups in total. The highest BCUT2D eigenvalue weighted by molar-refractivity contribution is 5.79. The smallest absolute Gasteiger partial charge is 0.224 e. The van der Waals surface area contributed by atoms with Gasteiger partial charge in [-0.1, -0.05) is 51.0 Å². The number of hydrogen-bond donors (Lipinski definition) is 2. The molecule has 3 nitrogen and oxygen atoms in total. The molecule has 0 spiro atoms. The number of nitrogens with one attached hydrogen (secondary N) is 1. The van der Waals surface area contributed by atoms with Crippen molar-refractivity contribution < 1.29 is 4.79 Å². The Labute approximate surface area is 121 Å². The maximum Gasteiger partial charge on any atom is 0.224 e. The van der Waals surface area contributed by atoms with Crippen molar-refractivity contribution in [1.29, 1.82) is 0 Å². The van der Waals surface area contributed by atoms with Crippen molar-refractivity contribution in [2.75, 3.05) is 0 Å². The summed E-state index contributed by atoms with van der Waals surface area (Å²) in [5, 5.41) is 3.03. The van der Waals surface area contributed by atoms with E-state index in [9.17, 15) is 4.79 Å². The van der Waals surface area contributed by atoms with Crippen LogP contribution in [0.3, 0.4) is 0 Å². The Morgan fingerprint density at radius 3 is 2.50 bits per heavy atom. The molecular weight excluding hydrogens is 248 g/mol. The van der Waals surface area contributed by atoms with Crippen molar-refractivity contribution in [3.05, 3.63) is 35.4 Å². The first-order valence-electron chi connectivity index (χ1n) is 7.70. The summed E-state index contributed by atoms with van der Waals surface area (Å²) < 4.78 is 0. The van der Waals surface area contributed by atoms with Crippen LogP contribution in [0.2, 0.25) is 0 Å². The zero-order chi connectivity index (χ0) is 14.5. The normalized spacial score (nSPS) is 22.8. The lowest BCUT2D eigenvalue weighted by atomic mass is 9.84. The van der Waals surface area contributed by atoms with Gasteiger partial charge in [0, 0.05) is 12.6 Å². The lowest BCUT2D eigenvalue weighted by Gasteiger charge is -2.27. The Bertz CT molecular complexity index is 439. The average Bonchev–Trinajstić information content (AvgIpc) is 2.45. The number of benzene rings is 1. The average molecular weight is 274 g/mol. The predicted octanol–water partition coefficient (Wildman–Crippen LogP) is 2.94. The van der Waals surface area contributed by atoms with Gasteiger partial charge in [-0.05, 0) is 29.9 Å². The number of hydrogen-bond acceptors (Lipinski definition) is 2. The lowest BCUT2D eigenvalue weighted by Crippen LogP contribution is -2.43. The zero-order valence-electron chi connectivity index (χ0n) is 12.6. The number of carbonyl (C=O) groups is 1. The highest BCUT2D eigenvalue weighted by Crippen LogP contribution is 2.23. The lowest BCUT2D eigenvalue weighted by molar-refractivity contribution is -0.126. The summed E-state index contributed by atoms with van der Waals surface area (Å²) in [7, 11) is 0. The minimum Gasteiger partial charge on any atom is -0.352 e. The van der Waals surface area contributed by atoms with Crippen LogP contribution in [0.5, 0.6) is 0 Å². The summed E-state index contributed by atoms with van der Waals surface area (Å²) in [6.07, 6.45) is 4.18. The van der Waals surface area contributed by atoms with Gasteiger partial charge in [-0.15, -0.1) is 0 Å². The minimum atomic E-state index is -0.00122. The van der Waals surface area contributed by atoms with Crippen molar-refractivity contribution >= 4 is 5.91 Å². The van der Waals surface area contributed by atoms with Crippen LogP contribution >= 0.6 is 0 Å². The van der Waals surface area contributed by atoms with Crippen LogP contribution in [0.25, 0.3) is 0 Å². The molecule has 20 heavy (non-hydrogen) atoms. The van der Waals surface area contributed by atoms with Crippen LogP contribution in [-0.4, -0.2) is 11.9 Å². The summed E-state index contributed by atoms with van der Waals surface area (Å²) in [5.41, 5.74) is 8.51.